The second-order valence-electron chi connectivity index (χ2n) is 11.4. The van der Waals surface area contributed by atoms with Crippen LogP contribution in [0, 0.1) is 0 Å². The minimum absolute atomic E-state index is 0.0428. The van der Waals surface area contributed by atoms with Gasteiger partial charge in [-0.3, -0.25) is 14.4 Å². The van der Waals surface area contributed by atoms with Crippen molar-refractivity contribution in [1.82, 2.24) is 19.6 Å². The van der Waals surface area contributed by atoms with Crippen LogP contribution in [0.2, 0.25) is 0 Å². The molecule has 10 nitrogen and oxygen atoms in total. The molecule has 4 aliphatic rings. The van der Waals surface area contributed by atoms with E-state index in [-0.39, 0.29) is 28.4 Å². The summed E-state index contributed by atoms with van der Waals surface area (Å²) in [6.07, 6.45) is -1.08. The summed E-state index contributed by atoms with van der Waals surface area (Å²) in [7, 11) is 1.11. The fourth-order valence-electron chi connectivity index (χ4n) is 5.84. The first-order valence-electron chi connectivity index (χ1n) is 12.4. The van der Waals surface area contributed by atoms with Gasteiger partial charge in [0.05, 0.1) is 29.4 Å². The molecule has 0 atom stereocenters. The summed E-state index contributed by atoms with van der Waals surface area (Å²) < 4.78 is 50.5. The molecule has 13 heteroatoms. The van der Waals surface area contributed by atoms with E-state index in [2.05, 4.69) is 14.7 Å². The maximum absolute atomic E-state index is 12.8. The lowest BCUT2D eigenvalue weighted by Crippen LogP contribution is -2.80. The van der Waals surface area contributed by atoms with Gasteiger partial charge < -0.3 is 19.7 Å². The number of hydrogen-bond donors (Lipinski definition) is 1. The number of carbonyl (C=O) groups excluding carboxylic acids is 3. The van der Waals surface area contributed by atoms with Gasteiger partial charge in [0.1, 0.15) is 5.60 Å². The first-order valence-corrected chi connectivity index (χ1v) is 12.4. The Bertz CT molecular complexity index is 1290. The second kappa shape index (κ2) is 8.58. The number of benzene rings is 1. The number of nitrogens with zero attached hydrogens (tertiary/aromatic N) is 4. The highest BCUT2D eigenvalue weighted by Crippen LogP contribution is 2.68. The molecular formula is C25H30F3N5O5. The number of esters is 1. The number of alkyl halides is 3. The third-order valence-electron chi connectivity index (χ3n) is 7.62. The highest BCUT2D eigenvalue weighted by Gasteiger charge is 2.71. The van der Waals surface area contributed by atoms with E-state index < -0.39 is 23.7 Å². The fraction of sp³-hybridized carbons (Fsp3) is 0.600. The third kappa shape index (κ3) is 4.46. The summed E-state index contributed by atoms with van der Waals surface area (Å²) in [5.41, 5.74) is -0.782. The Balaban J connectivity index is 1.28. The number of amides is 2. The van der Waals surface area contributed by atoms with E-state index in [4.69, 9.17) is 4.74 Å². The number of carbonyl (C=O) groups is 3. The van der Waals surface area contributed by atoms with Crippen LogP contribution in [-0.2, 0) is 19.8 Å². The number of fused-ring (bicyclic) bond motifs is 1. The zero-order chi connectivity index (χ0) is 27.7. The molecule has 0 unspecified atom stereocenters. The average Bonchev–Trinajstić information content (AvgIpc) is 3.17. The summed E-state index contributed by atoms with van der Waals surface area (Å²) >= 11 is 0. The first-order chi connectivity index (χ1) is 17.6. The number of aromatic nitrogens is 2. The van der Waals surface area contributed by atoms with Crippen molar-refractivity contribution in [3.8, 4) is 0 Å². The van der Waals surface area contributed by atoms with Crippen molar-refractivity contribution in [2.75, 3.05) is 38.6 Å². The number of piperazine rings is 1. The Labute approximate surface area is 217 Å². The minimum atomic E-state index is -5.11. The van der Waals surface area contributed by atoms with Crippen molar-refractivity contribution in [2.24, 2.45) is 0 Å². The highest BCUT2D eigenvalue weighted by atomic mass is 19.4. The van der Waals surface area contributed by atoms with Crippen molar-refractivity contribution in [3.05, 3.63) is 23.9 Å². The zero-order valence-corrected chi connectivity index (χ0v) is 21.6. The van der Waals surface area contributed by atoms with Crippen LogP contribution >= 0.6 is 0 Å². The predicted molar refractivity (Wildman–Crippen MR) is 130 cm³/mol. The van der Waals surface area contributed by atoms with Gasteiger partial charge in [0.2, 0.25) is 0 Å². The van der Waals surface area contributed by atoms with E-state index in [9.17, 15) is 27.6 Å². The van der Waals surface area contributed by atoms with Crippen LogP contribution in [0.5, 0.6) is 0 Å². The van der Waals surface area contributed by atoms with E-state index in [0.717, 1.165) is 39.5 Å². The van der Waals surface area contributed by atoms with Gasteiger partial charge in [-0.25, -0.2) is 9.59 Å². The van der Waals surface area contributed by atoms with Gasteiger partial charge in [0.25, 0.3) is 0 Å². The van der Waals surface area contributed by atoms with Gasteiger partial charge in [-0.1, -0.05) is 0 Å². The Morgan fingerprint density at radius 3 is 2.18 bits per heavy atom. The molecule has 206 valence electrons. The lowest BCUT2D eigenvalue weighted by Gasteiger charge is -2.74. The number of anilines is 1. The van der Waals surface area contributed by atoms with E-state index in [1.165, 1.54) is 12.1 Å². The number of hydrogen-bond acceptors (Lipinski definition) is 7. The molecule has 38 heavy (non-hydrogen) atoms. The van der Waals surface area contributed by atoms with E-state index in [1.54, 1.807) is 16.4 Å². The number of rotatable bonds is 4. The third-order valence-corrected chi connectivity index (χ3v) is 7.62. The van der Waals surface area contributed by atoms with Crippen LogP contribution in [0.25, 0.3) is 10.9 Å². The second-order valence-corrected chi connectivity index (χ2v) is 11.4. The molecule has 6 rings (SSSR count). The van der Waals surface area contributed by atoms with Crippen molar-refractivity contribution in [3.63, 3.8) is 0 Å². The van der Waals surface area contributed by atoms with Crippen LogP contribution < -0.4 is 5.32 Å². The Morgan fingerprint density at radius 2 is 1.63 bits per heavy atom. The quantitative estimate of drug-likeness (QED) is 0.595. The average molecular weight is 538 g/mol. The van der Waals surface area contributed by atoms with Crippen molar-refractivity contribution >= 4 is 34.6 Å². The van der Waals surface area contributed by atoms with Gasteiger partial charge in [0.15, 0.2) is 0 Å². The Hall–Kier alpha value is -3.35. The maximum atomic E-state index is 12.8. The maximum Gasteiger partial charge on any atom is 0.471 e. The van der Waals surface area contributed by atoms with Crippen molar-refractivity contribution < 1.29 is 37.0 Å². The van der Waals surface area contributed by atoms with E-state index in [1.807, 2.05) is 25.5 Å². The van der Waals surface area contributed by atoms with Gasteiger partial charge in [0, 0.05) is 43.3 Å². The molecular weight excluding hydrogens is 507 g/mol. The predicted octanol–water partition coefficient (Wildman–Crippen LogP) is 3.51. The Kier molecular flexibility index (Phi) is 5.93. The normalized spacial score (nSPS) is 25.4. The monoisotopic (exact) mass is 537 g/mol. The van der Waals surface area contributed by atoms with E-state index >= 15 is 0 Å². The summed E-state index contributed by atoms with van der Waals surface area (Å²) in [4.78, 5) is 40.2. The molecule has 1 saturated heterocycles. The SMILES string of the molecule is COC(=O)c1cc2nn(C34CC(N5CCN(C(=O)OC(C)(C)C)CC5)(C3)C4)cc2cc1NC(=O)C(F)(F)F. The highest BCUT2D eigenvalue weighted by molar-refractivity contribution is 6.06. The Morgan fingerprint density at radius 1 is 1.00 bits per heavy atom. The molecule has 2 heterocycles. The molecule has 1 N–H and O–H groups in total. The smallest absolute Gasteiger partial charge is 0.465 e. The van der Waals surface area contributed by atoms with Crippen molar-refractivity contribution in [2.45, 2.75) is 62.9 Å². The topological polar surface area (TPSA) is 106 Å². The number of methoxy groups -OCH3 is 1. The van der Waals surface area contributed by atoms with Crippen LogP contribution in [0.15, 0.2) is 18.3 Å². The largest absolute Gasteiger partial charge is 0.471 e. The molecule has 1 aromatic carbocycles. The molecule has 2 amide bonds. The molecule has 1 aromatic heterocycles. The molecule has 3 saturated carbocycles. The van der Waals surface area contributed by atoms with Gasteiger partial charge in [-0.05, 0) is 52.2 Å². The van der Waals surface area contributed by atoms with Crippen molar-refractivity contribution in [1.29, 1.82) is 0 Å². The lowest BCUT2D eigenvalue weighted by molar-refractivity contribution is -0.216. The number of ether oxygens (including phenoxy) is 2. The summed E-state index contributed by atoms with van der Waals surface area (Å²) in [6, 6.07) is 2.65. The van der Waals surface area contributed by atoms with Crippen LogP contribution in [0.4, 0.5) is 23.7 Å². The molecule has 0 spiro atoms. The van der Waals surface area contributed by atoms with Crippen LogP contribution in [0.1, 0.15) is 50.4 Å². The van der Waals surface area contributed by atoms with Crippen LogP contribution in [0.3, 0.4) is 0 Å². The summed E-state index contributed by atoms with van der Waals surface area (Å²) in [6.45, 7) is 8.22. The lowest BCUT2D eigenvalue weighted by atomic mass is 9.43. The molecule has 2 aromatic rings. The number of nitrogens with one attached hydrogen (secondary N) is 1. The summed E-state index contributed by atoms with van der Waals surface area (Å²) in [5, 5.41) is 6.89. The van der Waals surface area contributed by atoms with Crippen LogP contribution in [-0.4, -0.2) is 88.2 Å². The van der Waals surface area contributed by atoms with Gasteiger partial charge >= 0.3 is 24.1 Å². The fourth-order valence-corrected chi connectivity index (χ4v) is 5.84. The van der Waals surface area contributed by atoms with E-state index in [0.29, 0.717) is 24.0 Å². The number of halogens is 3. The van der Waals surface area contributed by atoms with Gasteiger partial charge in [-0.15, -0.1) is 0 Å². The first kappa shape index (κ1) is 26.3. The molecule has 2 bridgehead atoms. The summed E-state index contributed by atoms with van der Waals surface area (Å²) in [5.74, 6) is -3.06. The van der Waals surface area contributed by atoms with Gasteiger partial charge in [-0.2, -0.15) is 18.3 Å². The molecule has 0 radical (unpaired) electrons. The molecule has 1 aliphatic heterocycles. The zero-order valence-electron chi connectivity index (χ0n) is 21.6. The molecule has 4 fully saturated rings. The molecule has 3 aliphatic carbocycles. The minimum Gasteiger partial charge on any atom is -0.465 e. The standard InChI is InChI=1S/C25H30F3N5O5/c1-22(2,3)38-21(36)31-5-7-32(8-6-31)23-12-24(13-23,14-23)33-11-15-9-18(29-20(35)25(26,27)28)16(19(34)37-4)10-17(15)30-33/h9-11H,5-8,12-14H2,1-4H3,(H,29,35).